The topological polar surface area (TPSA) is 66.8 Å². The summed E-state index contributed by atoms with van der Waals surface area (Å²) in [6, 6.07) is 0. The minimum atomic E-state index is -4.26. The number of unbranched alkanes of at least 4 members (excludes halogenated alkanes) is 4. The van der Waals surface area contributed by atoms with E-state index < -0.39 is 7.82 Å². The average Bonchev–Trinajstić information content (AvgIpc) is 2.01. The van der Waals surface area contributed by atoms with Gasteiger partial charge < -0.3 is 9.79 Å². The molecule has 0 atom stereocenters. The van der Waals surface area contributed by atoms with Crippen molar-refractivity contribution in [2.75, 3.05) is 6.61 Å². The lowest BCUT2D eigenvalue weighted by atomic mass is 10.2. The molecule has 0 spiro atoms. The number of rotatable bonds is 7. The van der Waals surface area contributed by atoms with E-state index in [1.165, 1.54) is 0 Å². The van der Waals surface area contributed by atoms with Crippen LogP contribution in [-0.4, -0.2) is 16.4 Å². The molecule has 4 nitrogen and oxygen atoms in total. The molecule has 0 aliphatic carbocycles. The molecule has 0 radical (unpaired) electrons. The first kappa shape index (κ1) is 10.2. The Kier molecular flexibility index (Phi) is 5.61. The summed E-state index contributed by atoms with van der Waals surface area (Å²) >= 11 is 0. The first-order valence-corrected chi connectivity index (χ1v) is 5.58. The summed E-state index contributed by atoms with van der Waals surface area (Å²) in [7, 11) is -4.26. The fourth-order valence-corrected chi connectivity index (χ4v) is 1.18. The molecule has 0 fully saturated rings. The zero-order valence-electron chi connectivity index (χ0n) is 8.11. The Morgan fingerprint density at radius 2 is 2.00 bits per heavy atom. The van der Waals surface area contributed by atoms with Crippen molar-refractivity contribution in [3.8, 4) is 0 Å². The van der Waals surface area contributed by atoms with Gasteiger partial charge in [0, 0.05) is 1.37 Å². The lowest BCUT2D eigenvalue weighted by Gasteiger charge is -2.03. The Labute approximate surface area is 74.6 Å². The van der Waals surface area contributed by atoms with Crippen molar-refractivity contribution in [1.29, 1.82) is 0 Å². The van der Waals surface area contributed by atoms with Crippen LogP contribution >= 0.6 is 7.82 Å². The van der Waals surface area contributed by atoms with Gasteiger partial charge in [-0.05, 0) is 6.42 Å². The minimum absolute atomic E-state index is 0.116. The minimum Gasteiger partial charge on any atom is -0.303 e. The maximum absolute atomic E-state index is 10.2. The summed E-state index contributed by atoms with van der Waals surface area (Å²) in [6.07, 6.45) is 4.49. The molecule has 0 amide bonds. The van der Waals surface area contributed by atoms with Crippen LogP contribution in [0.5, 0.6) is 0 Å². The Balaban J connectivity index is 3.04. The number of hydrogen-bond donors (Lipinski definition) is 2. The normalized spacial score (nSPS) is 13.0. The summed E-state index contributed by atoms with van der Waals surface area (Å²) in [4.78, 5) is 16.6. The van der Waals surface area contributed by atoms with Crippen molar-refractivity contribution < 1.29 is 20.2 Å². The second-order valence-electron chi connectivity index (χ2n) is 2.59. The van der Waals surface area contributed by atoms with Crippen LogP contribution in [0.3, 0.4) is 0 Å². The molecule has 5 heteroatoms. The standard InChI is InChI=1S/C7H17O4P/c1-2-3-4-5-6-7-11-12(8,9)10/h2-7H2,1H3,(H2,8,9,10)/i1D. The Bertz CT molecular complexity index is 159. The highest BCUT2D eigenvalue weighted by molar-refractivity contribution is 7.46. The van der Waals surface area contributed by atoms with Gasteiger partial charge in [-0.2, -0.15) is 0 Å². The van der Waals surface area contributed by atoms with E-state index in [-0.39, 0.29) is 6.61 Å². The van der Waals surface area contributed by atoms with Crippen molar-refractivity contribution in [1.82, 2.24) is 0 Å². The summed E-state index contributed by atoms with van der Waals surface area (Å²) in [5.74, 6) is 0. The predicted molar refractivity (Wildman–Crippen MR) is 46.8 cm³/mol. The maximum Gasteiger partial charge on any atom is 0.469 e. The molecule has 74 valence electrons. The van der Waals surface area contributed by atoms with Crippen LogP contribution in [0, 0.1) is 0 Å². The molecule has 12 heavy (non-hydrogen) atoms. The van der Waals surface area contributed by atoms with Crippen LogP contribution in [0.1, 0.15) is 40.4 Å². The van der Waals surface area contributed by atoms with Gasteiger partial charge in [0.15, 0.2) is 0 Å². The van der Waals surface area contributed by atoms with E-state index in [4.69, 9.17) is 11.2 Å². The molecule has 2 N–H and O–H groups in total. The van der Waals surface area contributed by atoms with E-state index in [0.29, 0.717) is 13.3 Å². The summed E-state index contributed by atoms with van der Waals surface area (Å²) < 4.78 is 21.4. The third kappa shape index (κ3) is 10.1. The average molecular weight is 197 g/mol. The van der Waals surface area contributed by atoms with Crippen molar-refractivity contribution in [3.05, 3.63) is 0 Å². The van der Waals surface area contributed by atoms with Crippen molar-refractivity contribution in [2.45, 2.75) is 39.0 Å². The highest BCUT2D eigenvalue weighted by Crippen LogP contribution is 2.35. The van der Waals surface area contributed by atoms with E-state index in [2.05, 4.69) is 4.52 Å². The molecule has 0 saturated carbocycles. The summed E-state index contributed by atoms with van der Waals surface area (Å²) in [5.41, 5.74) is 0. The molecular formula is C7H17O4P. The van der Waals surface area contributed by atoms with E-state index >= 15 is 0 Å². The van der Waals surface area contributed by atoms with Gasteiger partial charge in [-0.1, -0.05) is 32.6 Å². The van der Waals surface area contributed by atoms with E-state index in [1.54, 1.807) is 0 Å². The largest absolute Gasteiger partial charge is 0.469 e. The first-order chi connectivity index (χ1) is 6.06. The predicted octanol–water partition coefficient (Wildman–Crippen LogP) is 2.07. The lowest BCUT2D eigenvalue weighted by molar-refractivity contribution is 0.193. The molecule has 0 heterocycles. The monoisotopic (exact) mass is 197 g/mol. The SMILES string of the molecule is [2H]CCCCCCCOP(=O)(O)O. The second kappa shape index (κ2) is 6.61. The highest BCUT2D eigenvalue weighted by atomic mass is 31.2. The van der Waals surface area contributed by atoms with Crippen LogP contribution in [0.2, 0.25) is 0 Å². The zero-order chi connectivity index (χ0) is 10.2. The molecule has 0 rings (SSSR count). The number of phosphoric ester groups is 1. The van der Waals surface area contributed by atoms with Gasteiger partial charge in [0.05, 0.1) is 6.61 Å². The molecular weight excluding hydrogens is 179 g/mol. The van der Waals surface area contributed by atoms with Gasteiger partial charge in [0.2, 0.25) is 0 Å². The first-order valence-electron chi connectivity index (χ1n) is 4.76. The Hall–Kier alpha value is 0.110. The maximum atomic E-state index is 10.2. The molecule has 0 aromatic heterocycles. The summed E-state index contributed by atoms with van der Waals surface area (Å²) in [5, 5.41) is 0. The van der Waals surface area contributed by atoms with Gasteiger partial charge in [-0.15, -0.1) is 0 Å². The highest BCUT2D eigenvalue weighted by Gasteiger charge is 2.11. The van der Waals surface area contributed by atoms with Gasteiger partial charge in [0.1, 0.15) is 0 Å². The molecule has 0 aliphatic rings. The molecule has 0 aromatic rings. The third-order valence-electron chi connectivity index (χ3n) is 1.40. The Morgan fingerprint density at radius 1 is 1.33 bits per heavy atom. The van der Waals surface area contributed by atoms with Crippen LogP contribution < -0.4 is 0 Å². The molecule has 0 bridgehead atoms. The fraction of sp³-hybridized carbons (Fsp3) is 1.00. The lowest BCUT2D eigenvalue weighted by Crippen LogP contribution is -1.91. The van der Waals surface area contributed by atoms with Crippen molar-refractivity contribution in [2.24, 2.45) is 0 Å². The number of phosphoric acid groups is 1. The van der Waals surface area contributed by atoms with Crippen molar-refractivity contribution in [3.63, 3.8) is 0 Å². The van der Waals surface area contributed by atoms with Crippen LogP contribution in [0.15, 0.2) is 0 Å². The van der Waals surface area contributed by atoms with E-state index in [1.807, 2.05) is 0 Å². The third-order valence-corrected chi connectivity index (χ3v) is 1.92. The molecule has 0 aromatic carbocycles. The van der Waals surface area contributed by atoms with Gasteiger partial charge in [-0.25, -0.2) is 4.57 Å². The Morgan fingerprint density at radius 3 is 2.58 bits per heavy atom. The van der Waals surface area contributed by atoms with Gasteiger partial charge in [-0.3, -0.25) is 4.52 Å². The molecule has 0 unspecified atom stereocenters. The smallest absolute Gasteiger partial charge is 0.303 e. The molecule has 0 saturated heterocycles. The van der Waals surface area contributed by atoms with Crippen molar-refractivity contribution >= 4 is 7.82 Å². The van der Waals surface area contributed by atoms with E-state index in [9.17, 15) is 4.57 Å². The second-order valence-corrected chi connectivity index (χ2v) is 3.83. The zero-order valence-corrected chi connectivity index (χ0v) is 8.00. The quantitative estimate of drug-likeness (QED) is 0.484. The van der Waals surface area contributed by atoms with Crippen LogP contribution in [0.25, 0.3) is 0 Å². The molecule has 0 aliphatic heterocycles. The van der Waals surface area contributed by atoms with Gasteiger partial charge >= 0.3 is 7.82 Å². The fourth-order valence-electron chi connectivity index (χ4n) is 0.816. The number of hydrogen-bond acceptors (Lipinski definition) is 2. The van der Waals surface area contributed by atoms with Crippen LogP contribution in [0.4, 0.5) is 0 Å². The van der Waals surface area contributed by atoms with Crippen LogP contribution in [-0.2, 0) is 9.09 Å². The van der Waals surface area contributed by atoms with E-state index in [0.717, 1.165) is 25.7 Å². The summed E-state index contributed by atoms with van der Waals surface area (Å²) in [6.45, 7) is 0.574. The van der Waals surface area contributed by atoms with Gasteiger partial charge in [0.25, 0.3) is 0 Å².